The fourth-order valence-electron chi connectivity index (χ4n) is 1.31. The van der Waals surface area contributed by atoms with E-state index in [2.05, 4.69) is 21.2 Å². The molecule has 0 aliphatic carbocycles. The standard InChI is InChI=1S/C12H16BrNO2/c1-16-9-5-4-8-14-12(15)10-6-2-3-7-11(10)13/h2-3,6-7H,4-5,8-9H2,1H3,(H,14,15). The average Bonchev–Trinajstić information content (AvgIpc) is 2.29. The van der Waals surface area contributed by atoms with Gasteiger partial charge in [0.15, 0.2) is 0 Å². The molecule has 0 spiro atoms. The minimum absolute atomic E-state index is 0.0371. The Morgan fingerprint density at radius 3 is 2.81 bits per heavy atom. The number of hydrogen-bond acceptors (Lipinski definition) is 2. The molecule has 1 amide bonds. The van der Waals surface area contributed by atoms with E-state index in [1.54, 1.807) is 13.2 Å². The van der Waals surface area contributed by atoms with Crippen LogP contribution in [0.25, 0.3) is 0 Å². The van der Waals surface area contributed by atoms with E-state index in [1.807, 2.05) is 18.2 Å². The highest BCUT2D eigenvalue weighted by atomic mass is 79.9. The molecule has 0 saturated heterocycles. The Labute approximate surface area is 104 Å². The molecule has 0 saturated carbocycles. The summed E-state index contributed by atoms with van der Waals surface area (Å²) < 4.78 is 5.76. The molecule has 0 bridgehead atoms. The van der Waals surface area contributed by atoms with Gasteiger partial charge < -0.3 is 10.1 Å². The van der Waals surface area contributed by atoms with Crippen LogP contribution in [0.5, 0.6) is 0 Å². The van der Waals surface area contributed by atoms with Gasteiger partial charge in [-0.2, -0.15) is 0 Å². The lowest BCUT2D eigenvalue weighted by atomic mass is 10.2. The highest BCUT2D eigenvalue weighted by molar-refractivity contribution is 9.10. The van der Waals surface area contributed by atoms with Crippen LogP contribution in [0.15, 0.2) is 28.7 Å². The maximum atomic E-state index is 11.7. The molecule has 3 nitrogen and oxygen atoms in total. The second-order valence-electron chi connectivity index (χ2n) is 3.44. The maximum Gasteiger partial charge on any atom is 0.252 e. The van der Waals surface area contributed by atoms with Crippen molar-refractivity contribution in [2.45, 2.75) is 12.8 Å². The van der Waals surface area contributed by atoms with Gasteiger partial charge in [0.05, 0.1) is 5.56 Å². The number of amides is 1. The Kier molecular flexibility index (Phi) is 6.11. The van der Waals surface area contributed by atoms with Crippen LogP contribution in [-0.2, 0) is 4.74 Å². The monoisotopic (exact) mass is 285 g/mol. The number of carbonyl (C=O) groups is 1. The van der Waals surface area contributed by atoms with Gasteiger partial charge in [0.25, 0.3) is 5.91 Å². The second-order valence-corrected chi connectivity index (χ2v) is 4.29. The van der Waals surface area contributed by atoms with Crippen LogP contribution in [0.1, 0.15) is 23.2 Å². The summed E-state index contributed by atoms with van der Waals surface area (Å²) in [6, 6.07) is 7.40. The topological polar surface area (TPSA) is 38.3 Å². The third-order valence-corrected chi connectivity index (χ3v) is 2.87. The zero-order chi connectivity index (χ0) is 11.8. The van der Waals surface area contributed by atoms with Crippen molar-refractivity contribution in [3.63, 3.8) is 0 Å². The second kappa shape index (κ2) is 7.41. The molecule has 0 fully saturated rings. The maximum absolute atomic E-state index is 11.7. The van der Waals surface area contributed by atoms with Gasteiger partial charge in [0.2, 0.25) is 0 Å². The van der Waals surface area contributed by atoms with Gasteiger partial charge in [-0.1, -0.05) is 12.1 Å². The van der Waals surface area contributed by atoms with Crippen LogP contribution >= 0.6 is 15.9 Å². The normalized spacial score (nSPS) is 10.1. The number of ether oxygens (including phenoxy) is 1. The number of unbranched alkanes of at least 4 members (excludes halogenated alkanes) is 1. The van der Waals surface area contributed by atoms with Crippen molar-refractivity contribution in [2.75, 3.05) is 20.3 Å². The number of halogens is 1. The van der Waals surface area contributed by atoms with Crippen molar-refractivity contribution in [3.8, 4) is 0 Å². The molecule has 0 atom stereocenters. The molecule has 1 aromatic rings. The highest BCUT2D eigenvalue weighted by Crippen LogP contribution is 2.15. The Morgan fingerprint density at radius 2 is 2.12 bits per heavy atom. The van der Waals surface area contributed by atoms with Gasteiger partial charge in [0, 0.05) is 24.7 Å². The van der Waals surface area contributed by atoms with E-state index >= 15 is 0 Å². The van der Waals surface area contributed by atoms with Gasteiger partial charge in [-0.3, -0.25) is 4.79 Å². The van der Waals surface area contributed by atoms with Crippen LogP contribution in [0.2, 0.25) is 0 Å². The van der Waals surface area contributed by atoms with E-state index in [9.17, 15) is 4.79 Å². The third kappa shape index (κ3) is 4.33. The van der Waals surface area contributed by atoms with E-state index in [4.69, 9.17) is 4.74 Å². The fraction of sp³-hybridized carbons (Fsp3) is 0.417. The summed E-state index contributed by atoms with van der Waals surface area (Å²) >= 11 is 3.35. The van der Waals surface area contributed by atoms with Crippen LogP contribution in [0.3, 0.4) is 0 Å². The molecule has 0 unspecified atom stereocenters. The molecule has 4 heteroatoms. The summed E-state index contributed by atoms with van der Waals surface area (Å²) in [5, 5.41) is 2.87. The first-order valence-corrected chi connectivity index (χ1v) is 6.06. The summed E-state index contributed by atoms with van der Waals surface area (Å²) in [4.78, 5) is 11.7. The smallest absolute Gasteiger partial charge is 0.252 e. The largest absolute Gasteiger partial charge is 0.385 e. The van der Waals surface area contributed by atoms with Crippen molar-refractivity contribution in [1.82, 2.24) is 5.32 Å². The minimum atomic E-state index is -0.0371. The Balaban J connectivity index is 2.33. The highest BCUT2D eigenvalue weighted by Gasteiger charge is 2.07. The predicted octanol–water partition coefficient (Wildman–Crippen LogP) is 2.61. The number of nitrogens with one attached hydrogen (secondary N) is 1. The molecular formula is C12H16BrNO2. The fourth-order valence-corrected chi connectivity index (χ4v) is 1.78. The molecule has 0 aliphatic rings. The van der Waals surface area contributed by atoms with Crippen molar-refractivity contribution >= 4 is 21.8 Å². The first kappa shape index (κ1) is 13.2. The molecule has 0 heterocycles. The molecule has 88 valence electrons. The SMILES string of the molecule is COCCCCNC(=O)c1ccccc1Br. The van der Waals surface area contributed by atoms with E-state index in [1.165, 1.54) is 0 Å². The molecule has 1 aromatic carbocycles. The van der Waals surface area contributed by atoms with Crippen molar-refractivity contribution in [2.24, 2.45) is 0 Å². The van der Waals surface area contributed by atoms with Crippen LogP contribution in [0, 0.1) is 0 Å². The lowest BCUT2D eigenvalue weighted by Gasteiger charge is -2.06. The number of benzene rings is 1. The van der Waals surface area contributed by atoms with E-state index in [0.29, 0.717) is 12.1 Å². The molecule has 1 rings (SSSR count). The lowest BCUT2D eigenvalue weighted by Crippen LogP contribution is -2.24. The minimum Gasteiger partial charge on any atom is -0.385 e. The van der Waals surface area contributed by atoms with Gasteiger partial charge in [-0.05, 0) is 40.9 Å². The molecule has 0 aromatic heterocycles. The van der Waals surface area contributed by atoms with E-state index in [-0.39, 0.29) is 5.91 Å². The molecule has 0 aliphatic heterocycles. The van der Waals surface area contributed by atoms with Crippen molar-refractivity contribution in [1.29, 1.82) is 0 Å². The van der Waals surface area contributed by atoms with Crippen molar-refractivity contribution in [3.05, 3.63) is 34.3 Å². The molecule has 0 radical (unpaired) electrons. The van der Waals surface area contributed by atoms with Crippen LogP contribution in [-0.4, -0.2) is 26.2 Å². The summed E-state index contributed by atoms with van der Waals surface area (Å²) in [5.41, 5.74) is 0.675. The Morgan fingerprint density at radius 1 is 1.38 bits per heavy atom. The van der Waals surface area contributed by atoms with Crippen LogP contribution < -0.4 is 5.32 Å². The van der Waals surface area contributed by atoms with Gasteiger partial charge in [-0.15, -0.1) is 0 Å². The van der Waals surface area contributed by atoms with Crippen LogP contribution in [0.4, 0.5) is 0 Å². The third-order valence-electron chi connectivity index (χ3n) is 2.18. The molecule has 1 N–H and O–H groups in total. The van der Waals surface area contributed by atoms with Gasteiger partial charge >= 0.3 is 0 Å². The Hall–Kier alpha value is -0.870. The zero-order valence-corrected chi connectivity index (χ0v) is 10.9. The Bertz CT molecular complexity index is 342. The molecular weight excluding hydrogens is 270 g/mol. The predicted molar refractivity (Wildman–Crippen MR) is 67.6 cm³/mol. The van der Waals surface area contributed by atoms with E-state index < -0.39 is 0 Å². The number of carbonyl (C=O) groups excluding carboxylic acids is 1. The number of rotatable bonds is 6. The average molecular weight is 286 g/mol. The van der Waals surface area contributed by atoms with E-state index in [0.717, 1.165) is 23.9 Å². The van der Waals surface area contributed by atoms with Gasteiger partial charge in [-0.25, -0.2) is 0 Å². The number of methoxy groups -OCH3 is 1. The molecule has 16 heavy (non-hydrogen) atoms. The first-order valence-electron chi connectivity index (χ1n) is 5.27. The summed E-state index contributed by atoms with van der Waals surface area (Å²) in [6.45, 7) is 1.43. The first-order chi connectivity index (χ1) is 7.75. The summed E-state index contributed by atoms with van der Waals surface area (Å²) in [6.07, 6.45) is 1.90. The number of hydrogen-bond donors (Lipinski definition) is 1. The van der Waals surface area contributed by atoms with Gasteiger partial charge in [0.1, 0.15) is 0 Å². The zero-order valence-electron chi connectivity index (χ0n) is 9.33. The van der Waals surface area contributed by atoms with Crippen molar-refractivity contribution < 1.29 is 9.53 Å². The summed E-state index contributed by atoms with van der Waals surface area (Å²) in [7, 11) is 1.68. The summed E-state index contributed by atoms with van der Waals surface area (Å²) in [5.74, 6) is -0.0371. The quantitative estimate of drug-likeness (QED) is 0.816. The lowest BCUT2D eigenvalue weighted by molar-refractivity contribution is 0.0950.